The van der Waals surface area contributed by atoms with Gasteiger partial charge in [0.05, 0.1) is 14.2 Å². The van der Waals surface area contributed by atoms with Gasteiger partial charge in [-0.15, -0.1) is 0 Å². The molecule has 0 aliphatic heterocycles. The second kappa shape index (κ2) is 6.87. The van der Waals surface area contributed by atoms with Crippen molar-refractivity contribution in [2.75, 3.05) is 14.2 Å². The van der Waals surface area contributed by atoms with Crippen LogP contribution in [-0.4, -0.2) is 14.2 Å². The summed E-state index contributed by atoms with van der Waals surface area (Å²) in [6, 6.07) is 3.96. The maximum Gasteiger partial charge on any atom is 0.137 e. The third kappa shape index (κ3) is 3.61. The molecule has 0 heterocycles. The van der Waals surface area contributed by atoms with Gasteiger partial charge in [-0.05, 0) is 40.0 Å². The van der Waals surface area contributed by atoms with Crippen molar-refractivity contribution < 1.29 is 9.47 Å². The topological polar surface area (TPSA) is 44.5 Å². The van der Waals surface area contributed by atoms with E-state index in [4.69, 9.17) is 15.2 Å². The van der Waals surface area contributed by atoms with E-state index < -0.39 is 0 Å². The third-order valence-electron chi connectivity index (χ3n) is 2.76. The average Bonchev–Trinajstić information content (AvgIpc) is 2.36. The van der Waals surface area contributed by atoms with Crippen LogP contribution in [0.1, 0.15) is 37.8 Å². The third-order valence-corrected chi connectivity index (χ3v) is 3.55. The highest BCUT2D eigenvalue weighted by atomic mass is 79.9. The van der Waals surface area contributed by atoms with Gasteiger partial charge in [0.2, 0.25) is 0 Å². The minimum absolute atomic E-state index is 0.0332. The minimum atomic E-state index is 0.0332. The van der Waals surface area contributed by atoms with Gasteiger partial charge in [-0.1, -0.05) is 19.8 Å². The first-order valence-electron chi connectivity index (χ1n) is 5.81. The van der Waals surface area contributed by atoms with Crippen LogP contribution in [0.15, 0.2) is 16.6 Å². The molecule has 0 aromatic heterocycles. The van der Waals surface area contributed by atoms with Crippen LogP contribution >= 0.6 is 15.9 Å². The molecule has 4 heteroatoms. The molecular formula is C13H20BrNO2. The maximum absolute atomic E-state index is 6.15. The molecule has 0 amide bonds. The van der Waals surface area contributed by atoms with Crippen molar-refractivity contribution in [3.8, 4) is 11.5 Å². The molecule has 1 aromatic carbocycles. The molecule has 0 unspecified atom stereocenters. The number of hydrogen-bond donors (Lipinski definition) is 1. The van der Waals surface area contributed by atoms with Gasteiger partial charge in [0, 0.05) is 6.04 Å². The highest BCUT2D eigenvalue weighted by Gasteiger charge is 2.13. The molecule has 0 spiro atoms. The summed E-state index contributed by atoms with van der Waals surface area (Å²) in [7, 11) is 3.28. The molecule has 1 rings (SSSR count). The van der Waals surface area contributed by atoms with Gasteiger partial charge in [-0.25, -0.2) is 0 Å². The number of methoxy groups -OCH3 is 2. The fourth-order valence-corrected chi connectivity index (χ4v) is 2.25. The molecule has 2 N–H and O–H groups in total. The van der Waals surface area contributed by atoms with E-state index in [2.05, 4.69) is 22.9 Å². The van der Waals surface area contributed by atoms with Crippen LogP contribution < -0.4 is 15.2 Å². The lowest BCUT2D eigenvalue weighted by atomic mass is 10.0. The number of rotatable bonds is 6. The molecule has 0 fully saturated rings. The zero-order valence-corrected chi connectivity index (χ0v) is 12.2. The van der Waals surface area contributed by atoms with Crippen LogP contribution in [0.4, 0.5) is 0 Å². The SMILES string of the molecule is CCCC[C@H](N)c1cc(OC)c(Br)c(OC)c1. The van der Waals surface area contributed by atoms with Gasteiger partial charge in [0.25, 0.3) is 0 Å². The van der Waals surface area contributed by atoms with Crippen molar-refractivity contribution in [2.45, 2.75) is 32.2 Å². The van der Waals surface area contributed by atoms with Crippen LogP contribution in [0.2, 0.25) is 0 Å². The van der Waals surface area contributed by atoms with Gasteiger partial charge in [-0.2, -0.15) is 0 Å². The number of benzene rings is 1. The first kappa shape index (κ1) is 14.3. The summed E-state index contributed by atoms with van der Waals surface area (Å²) in [5.41, 5.74) is 7.20. The van der Waals surface area contributed by atoms with Crippen LogP contribution in [0, 0.1) is 0 Å². The van der Waals surface area contributed by atoms with Crippen molar-refractivity contribution in [3.63, 3.8) is 0 Å². The Morgan fingerprint density at radius 3 is 2.18 bits per heavy atom. The zero-order chi connectivity index (χ0) is 12.8. The quantitative estimate of drug-likeness (QED) is 0.872. The van der Waals surface area contributed by atoms with Gasteiger partial charge in [-0.3, -0.25) is 0 Å². The molecule has 3 nitrogen and oxygen atoms in total. The fourth-order valence-electron chi connectivity index (χ4n) is 1.69. The number of ether oxygens (including phenoxy) is 2. The Morgan fingerprint density at radius 2 is 1.76 bits per heavy atom. The molecule has 1 aromatic rings. The zero-order valence-electron chi connectivity index (χ0n) is 10.6. The molecule has 0 bridgehead atoms. The summed E-state index contributed by atoms with van der Waals surface area (Å²) < 4.78 is 11.4. The molecule has 96 valence electrons. The predicted octanol–water partition coefficient (Wildman–Crippen LogP) is 3.66. The average molecular weight is 302 g/mol. The second-order valence-corrected chi connectivity index (χ2v) is 4.78. The van der Waals surface area contributed by atoms with Crippen LogP contribution in [0.3, 0.4) is 0 Å². The van der Waals surface area contributed by atoms with Gasteiger partial charge in [0.15, 0.2) is 0 Å². The monoisotopic (exact) mass is 301 g/mol. The Labute approximate surface area is 111 Å². The van der Waals surface area contributed by atoms with Crippen molar-refractivity contribution in [3.05, 3.63) is 22.2 Å². The number of hydrogen-bond acceptors (Lipinski definition) is 3. The Bertz CT molecular complexity index is 343. The fraction of sp³-hybridized carbons (Fsp3) is 0.538. The van der Waals surface area contributed by atoms with Gasteiger partial charge >= 0.3 is 0 Å². The minimum Gasteiger partial charge on any atom is -0.495 e. The van der Waals surface area contributed by atoms with E-state index in [-0.39, 0.29) is 6.04 Å². The van der Waals surface area contributed by atoms with E-state index >= 15 is 0 Å². The van der Waals surface area contributed by atoms with Crippen molar-refractivity contribution in [1.82, 2.24) is 0 Å². The number of unbranched alkanes of at least 4 members (excludes halogenated alkanes) is 1. The van der Waals surface area contributed by atoms with Crippen LogP contribution in [0.5, 0.6) is 11.5 Å². The Kier molecular flexibility index (Phi) is 5.78. The summed E-state index contributed by atoms with van der Waals surface area (Å²) in [5, 5.41) is 0. The van der Waals surface area contributed by atoms with Crippen LogP contribution in [-0.2, 0) is 0 Å². The molecule has 0 aliphatic rings. The van der Waals surface area contributed by atoms with Crippen molar-refractivity contribution in [1.29, 1.82) is 0 Å². The summed E-state index contributed by atoms with van der Waals surface area (Å²) in [4.78, 5) is 0. The molecule has 0 aliphatic carbocycles. The summed E-state index contributed by atoms with van der Waals surface area (Å²) in [6.45, 7) is 2.16. The predicted molar refractivity (Wildman–Crippen MR) is 73.7 cm³/mol. The number of nitrogens with two attached hydrogens (primary N) is 1. The van der Waals surface area contributed by atoms with Gasteiger partial charge < -0.3 is 15.2 Å². The van der Waals surface area contributed by atoms with Crippen LogP contribution in [0.25, 0.3) is 0 Å². The molecule has 0 radical (unpaired) electrons. The maximum atomic E-state index is 6.15. The van der Waals surface area contributed by atoms with E-state index in [9.17, 15) is 0 Å². The highest BCUT2D eigenvalue weighted by Crippen LogP contribution is 2.37. The standard InChI is InChI=1S/C13H20BrNO2/c1-4-5-6-10(15)9-7-11(16-2)13(14)12(8-9)17-3/h7-8,10H,4-6,15H2,1-3H3/t10-/m0/s1. The number of halogens is 1. The molecule has 17 heavy (non-hydrogen) atoms. The molecule has 1 atom stereocenters. The summed E-state index contributed by atoms with van der Waals surface area (Å²) in [5.74, 6) is 1.51. The van der Waals surface area contributed by atoms with E-state index in [0.29, 0.717) is 0 Å². The van der Waals surface area contributed by atoms with Crippen molar-refractivity contribution >= 4 is 15.9 Å². The Hall–Kier alpha value is -0.740. The largest absolute Gasteiger partial charge is 0.495 e. The van der Waals surface area contributed by atoms with Crippen molar-refractivity contribution in [2.24, 2.45) is 5.73 Å². The molecule has 0 saturated heterocycles. The van der Waals surface area contributed by atoms with E-state index in [0.717, 1.165) is 40.8 Å². The first-order valence-corrected chi connectivity index (χ1v) is 6.60. The smallest absolute Gasteiger partial charge is 0.137 e. The summed E-state index contributed by atoms with van der Waals surface area (Å²) in [6.07, 6.45) is 3.25. The van der Waals surface area contributed by atoms with E-state index in [1.807, 2.05) is 12.1 Å². The van der Waals surface area contributed by atoms with Gasteiger partial charge in [0.1, 0.15) is 16.0 Å². The lowest BCUT2D eigenvalue weighted by Crippen LogP contribution is -2.10. The summed E-state index contributed by atoms with van der Waals surface area (Å²) >= 11 is 3.45. The molecule has 0 saturated carbocycles. The lowest BCUT2D eigenvalue weighted by molar-refractivity contribution is 0.387. The van der Waals surface area contributed by atoms with E-state index in [1.54, 1.807) is 14.2 Å². The highest BCUT2D eigenvalue weighted by molar-refractivity contribution is 9.10. The Balaban J connectivity index is 2.99. The normalized spacial score (nSPS) is 12.3. The lowest BCUT2D eigenvalue weighted by Gasteiger charge is -2.16. The molecular weight excluding hydrogens is 282 g/mol. The Morgan fingerprint density at radius 1 is 1.24 bits per heavy atom. The first-order chi connectivity index (χ1) is 8.13. The van der Waals surface area contributed by atoms with E-state index in [1.165, 1.54) is 0 Å². The second-order valence-electron chi connectivity index (χ2n) is 3.99.